The van der Waals surface area contributed by atoms with Gasteiger partial charge in [0.2, 0.25) is 10.0 Å². The second-order valence-corrected chi connectivity index (χ2v) is 11.2. The van der Waals surface area contributed by atoms with Crippen molar-refractivity contribution in [1.29, 1.82) is 0 Å². The van der Waals surface area contributed by atoms with Crippen molar-refractivity contribution in [3.63, 3.8) is 0 Å². The smallest absolute Gasteiger partial charge is 0.251 e. The van der Waals surface area contributed by atoms with E-state index in [2.05, 4.69) is 17.4 Å². The molecule has 32 heavy (non-hydrogen) atoms. The Morgan fingerprint density at radius 1 is 1.12 bits per heavy atom. The number of carbonyl (C=O) groups is 1. The minimum Gasteiger partial charge on any atom is -0.373 e. The van der Waals surface area contributed by atoms with Crippen molar-refractivity contribution in [2.45, 2.75) is 55.6 Å². The van der Waals surface area contributed by atoms with Gasteiger partial charge in [-0.3, -0.25) is 4.79 Å². The Hall–Kier alpha value is -1.93. The van der Waals surface area contributed by atoms with E-state index in [1.807, 2.05) is 32.0 Å². The number of carbonyl (C=O) groups excluding carboxylic acids is 1. The van der Waals surface area contributed by atoms with Crippen LogP contribution in [0.2, 0.25) is 5.02 Å². The van der Waals surface area contributed by atoms with Gasteiger partial charge in [0.1, 0.15) is 4.90 Å². The molecule has 172 valence electrons. The SMILES string of the molecule is C[C@@H]1CN(S(=O)(=O)c2cc(C(=O)NCC3(c4ccccc4)CCC3)ccc2Cl)C[C@H](C)O1. The first-order valence-corrected chi connectivity index (χ1v) is 12.8. The van der Waals surface area contributed by atoms with Crippen LogP contribution in [-0.4, -0.2) is 50.5 Å². The second kappa shape index (κ2) is 9.14. The highest BCUT2D eigenvalue weighted by Crippen LogP contribution is 2.43. The summed E-state index contributed by atoms with van der Waals surface area (Å²) in [6.45, 7) is 4.69. The quantitative estimate of drug-likeness (QED) is 0.684. The third-order valence-electron chi connectivity index (χ3n) is 6.48. The molecule has 2 fully saturated rings. The Balaban J connectivity index is 1.53. The van der Waals surface area contributed by atoms with Gasteiger partial charge in [-0.05, 0) is 50.5 Å². The molecule has 0 radical (unpaired) electrons. The first kappa shape index (κ1) is 23.2. The van der Waals surface area contributed by atoms with Gasteiger partial charge in [-0.1, -0.05) is 48.4 Å². The average molecular weight is 477 g/mol. The van der Waals surface area contributed by atoms with Crippen LogP contribution in [-0.2, 0) is 20.2 Å². The highest BCUT2D eigenvalue weighted by Gasteiger charge is 2.39. The molecule has 2 aliphatic rings. The Bertz CT molecular complexity index is 1080. The van der Waals surface area contributed by atoms with Crippen molar-refractivity contribution in [2.75, 3.05) is 19.6 Å². The van der Waals surface area contributed by atoms with E-state index in [1.165, 1.54) is 22.0 Å². The van der Waals surface area contributed by atoms with E-state index in [4.69, 9.17) is 16.3 Å². The molecular weight excluding hydrogens is 448 g/mol. The van der Waals surface area contributed by atoms with Gasteiger partial charge in [-0.25, -0.2) is 8.42 Å². The highest BCUT2D eigenvalue weighted by molar-refractivity contribution is 7.89. The summed E-state index contributed by atoms with van der Waals surface area (Å²) in [4.78, 5) is 12.9. The molecule has 0 unspecified atom stereocenters. The topological polar surface area (TPSA) is 75.7 Å². The van der Waals surface area contributed by atoms with E-state index in [0.29, 0.717) is 6.54 Å². The van der Waals surface area contributed by atoms with Crippen molar-refractivity contribution < 1.29 is 17.9 Å². The van der Waals surface area contributed by atoms with Crippen LogP contribution in [0, 0.1) is 0 Å². The van der Waals surface area contributed by atoms with Gasteiger partial charge in [0, 0.05) is 30.6 Å². The van der Waals surface area contributed by atoms with Gasteiger partial charge < -0.3 is 10.1 Å². The Morgan fingerprint density at radius 2 is 1.78 bits per heavy atom. The van der Waals surface area contributed by atoms with Crippen LogP contribution >= 0.6 is 11.6 Å². The summed E-state index contributed by atoms with van der Waals surface area (Å²) in [5.41, 5.74) is 1.45. The highest BCUT2D eigenvalue weighted by atomic mass is 35.5. The minimum absolute atomic E-state index is 0.0467. The fourth-order valence-corrected chi connectivity index (χ4v) is 6.71. The van der Waals surface area contributed by atoms with Gasteiger partial charge in [0.25, 0.3) is 5.91 Å². The monoisotopic (exact) mass is 476 g/mol. The Kier molecular flexibility index (Phi) is 6.63. The van der Waals surface area contributed by atoms with Crippen molar-refractivity contribution in [1.82, 2.24) is 9.62 Å². The number of halogens is 1. The zero-order chi connectivity index (χ0) is 22.9. The van der Waals surface area contributed by atoms with Crippen LogP contribution in [0.4, 0.5) is 0 Å². The lowest BCUT2D eigenvalue weighted by molar-refractivity contribution is -0.0440. The summed E-state index contributed by atoms with van der Waals surface area (Å²) < 4.78 is 33.6. The molecule has 6 nitrogen and oxygen atoms in total. The summed E-state index contributed by atoms with van der Waals surface area (Å²) >= 11 is 6.27. The number of nitrogens with one attached hydrogen (secondary N) is 1. The van der Waals surface area contributed by atoms with Crippen LogP contribution in [0.5, 0.6) is 0 Å². The number of morpholine rings is 1. The number of nitrogens with zero attached hydrogens (tertiary/aromatic N) is 1. The van der Waals surface area contributed by atoms with Crippen LogP contribution in [0.25, 0.3) is 0 Å². The van der Waals surface area contributed by atoms with Crippen LogP contribution < -0.4 is 5.32 Å². The fourth-order valence-electron chi connectivity index (χ4n) is 4.62. The molecule has 4 rings (SSSR count). The number of hydrogen-bond acceptors (Lipinski definition) is 4. The van der Waals surface area contributed by atoms with Gasteiger partial charge in [-0.15, -0.1) is 0 Å². The van der Waals surface area contributed by atoms with Gasteiger partial charge in [-0.2, -0.15) is 4.31 Å². The fraction of sp³-hybridized carbons (Fsp3) is 0.458. The summed E-state index contributed by atoms with van der Waals surface area (Å²) in [6.07, 6.45) is 2.74. The molecule has 1 saturated heterocycles. The zero-order valence-electron chi connectivity index (χ0n) is 18.4. The third-order valence-corrected chi connectivity index (χ3v) is 8.79. The molecular formula is C24H29ClN2O4S. The molecule has 2 atom stereocenters. The van der Waals surface area contributed by atoms with E-state index in [9.17, 15) is 13.2 Å². The maximum absolute atomic E-state index is 13.3. The maximum Gasteiger partial charge on any atom is 0.251 e. The molecule has 2 aromatic rings. The summed E-state index contributed by atoms with van der Waals surface area (Å²) in [5.74, 6) is -0.302. The largest absolute Gasteiger partial charge is 0.373 e. The Labute approximate surface area is 195 Å². The molecule has 1 saturated carbocycles. The van der Waals surface area contributed by atoms with Crippen molar-refractivity contribution >= 4 is 27.5 Å². The summed E-state index contributed by atoms with van der Waals surface area (Å²) in [6, 6.07) is 14.6. The normalized spacial score (nSPS) is 23.3. The van der Waals surface area contributed by atoms with E-state index in [0.717, 1.165) is 19.3 Å². The van der Waals surface area contributed by atoms with Gasteiger partial charge >= 0.3 is 0 Å². The van der Waals surface area contributed by atoms with E-state index in [1.54, 1.807) is 6.07 Å². The first-order valence-electron chi connectivity index (χ1n) is 11.0. The molecule has 0 bridgehead atoms. The van der Waals surface area contributed by atoms with Gasteiger partial charge in [0.05, 0.1) is 17.2 Å². The number of sulfonamides is 1. The van der Waals surface area contributed by atoms with Gasteiger partial charge in [0.15, 0.2) is 0 Å². The molecule has 1 amide bonds. The minimum atomic E-state index is -3.85. The maximum atomic E-state index is 13.3. The van der Waals surface area contributed by atoms with E-state index >= 15 is 0 Å². The number of rotatable bonds is 6. The van der Waals surface area contributed by atoms with E-state index < -0.39 is 10.0 Å². The number of ether oxygens (including phenoxy) is 1. The number of hydrogen-bond donors (Lipinski definition) is 1. The average Bonchev–Trinajstić information content (AvgIpc) is 2.73. The lowest BCUT2D eigenvalue weighted by Gasteiger charge is -2.42. The summed E-state index contributed by atoms with van der Waals surface area (Å²) in [7, 11) is -3.85. The molecule has 1 N–H and O–H groups in total. The predicted molar refractivity (Wildman–Crippen MR) is 125 cm³/mol. The lowest BCUT2D eigenvalue weighted by Crippen LogP contribution is -2.48. The molecule has 1 aliphatic carbocycles. The number of benzene rings is 2. The Morgan fingerprint density at radius 3 is 2.38 bits per heavy atom. The van der Waals surface area contributed by atoms with E-state index in [-0.39, 0.29) is 52.1 Å². The predicted octanol–water partition coefficient (Wildman–Crippen LogP) is 3.99. The number of amides is 1. The van der Waals surface area contributed by atoms with Crippen molar-refractivity contribution in [3.05, 3.63) is 64.7 Å². The summed E-state index contributed by atoms with van der Waals surface area (Å²) in [5, 5.41) is 3.13. The zero-order valence-corrected chi connectivity index (χ0v) is 20.0. The van der Waals surface area contributed by atoms with Crippen molar-refractivity contribution in [2.24, 2.45) is 0 Å². The van der Waals surface area contributed by atoms with Crippen molar-refractivity contribution in [3.8, 4) is 0 Å². The molecule has 1 aliphatic heterocycles. The van der Waals surface area contributed by atoms with Crippen LogP contribution in [0.15, 0.2) is 53.4 Å². The van der Waals surface area contributed by atoms with Crippen LogP contribution in [0.3, 0.4) is 0 Å². The first-order chi connectivity index (χ1) is 15.2. The third kappa shape index (κ3) is 4.57. The molecule has 8 heteroatoms. The molecule has 0 aromatic heterocycles. The molecule has 2 aromatic carbocycles. The van der Waals surface area contributed by atoms with Crippen LogP contribution in [0.1, 0.15) is 49.0 Å². The molecule has 0 spiro atoms. The standard InChI is InChI=1S/C24H29ClN2O4S/c1-17-14-27(15-18(2)31-17)32(29,30)22-13-19(9-10-21(22)25)23(28)26-16-24(11-6-12-24)20-7-4-3-5-8-20/h3-5,7-10,13,17-18H,6,11-12,14-16H2,1-2H3,(H,26,28)/t17-,18+. The molecule has 1 heterocycles. The lowest BCUT2D eigenvalue weighted by atomic mass is 9.64. The second-order valence-electron chi connectivity index (χ2n) is 8.91.